The van der Waals surface area contributed by atoms with Crippen LogP contribution >= 0.6 is 0 Å². The minimum Gasteiger partial charge on any atom is -0.493 e. The first-order valence-electron chi connectivity index (χ1n) is 14.5. The summed E-state index contributed by atoms with van der Waals surface area (Å²) in [6, 6.07) is 19.5. The number of benzene rings is 3. The van der Waals surface area contributed by atoms with Crippen molar-refractivity contribution < 1.29 is 28.8 Å². The quantitative estimate of drug-likeness (QED) is 0.323. The summed E-state index contributed by atoms with van der Waals surface area (Å²) in [5, 5.41) is 15.1. The highest BCUT2D eigenvalue weighted by Crippen LogP contribution is 2.42. The maximum Gasteiger partial charge on any atom is 0.319 e. The molecule has 2 amide bonds. The third-order valence-corrected chi connectivity index (χ3v) is 8.14. The van der Waals surface area contributed by atoms with Gasteiger partial charge in [-0.2, -0.15) is 0 Å². The lowest BCUT2D eigenvalue weighted by Gasteiger charge is -2.43. The molecule has 224 valence electrons. The van der Waals surface area contributed by atoms with Gasteiger partial charge < -0.3 is 34.7 Å². The lowest BCUT2D eigenvalue weighted by atomic mass is 9.89. The fourth-order valence-corrected chi connectivity index (χ4v) is 5.74. The Labute approximate surface area is 247 Å². The molecule has 0 radical (unpaired) electrons. The molecule has 2 heterocycles. The third kappa shape index (κ3) is 6.71. The van der Waals surface area contributed by atoms with Gasteiger partial charge in [0, 0.05) is 43.3 Å². The van der Waals surface area contributed by atoms with Crippen molar-refractivity contribution >= 4 is 11.7 Å². The van der Waals surface area contributed by atoms with Gasteiger partial charge in [0.15, 0.2) is 17.8 Å². The van der Waals surface area contributed by atoms with Crippen LogP contribution in [0.2, 0.25) is 0 Å². The average Bonchev–Trinajstić information content (AvgIpc) is 3.02. The lowest BCUT2D eigenvalue weighted by Crippen LogP contribution is -2.45. The number of hydrogen-bond donors (Lipinski definition) is 3. The summed E-state index contributed by atoms with van der Waals surface area (Å²) in [5.74, 6) is 1.58. The van der Waals surface area contributed by atoms with Gasteiger partial charge in [0.2, 0.25) is 0 Å². The molecule has 0 bridgehead atoms. The van der Waals surface area contributed by atoms with Crippen LogP contribution in [0.1, 0.15) is 54.1 Å². The summed E-state index contributed by atoms with van der Waals surface area (Å²) in [6.07, 6.45) is 0.0499. The van der Waals surface area contributed by atoms with Gasteiger partial charge in [-0.25, -0.2) is 4.79 Å². The molecule has 2 aliphatic heterocycles. The van der Waals surface area contributed by atoms with E-state index in [1.165, 1.54) is 11.1 Å². The van der Waals surface area contributed by atoms with E-state index >= 15 is 0 Å². The van der Waals surface area contributed by atoms with Gasteiger partial charge >= 0.3 is 6.03 Å². The predicted octanol–water partition coefficient (Wildman–Crippen LogP) is 5.19. The van der Waals surface area contributed by atoms with E-state index in [2.05, 4.69) is 34.6 Å². The molecular weight excluding hydrogens is 534 g/mol. The first-order valence-corrected chi connectivity index (χ1v) is 14.5. The number of nitrogens with one attached hydrogen (secondary N) is 2. The van der Waals surface area contributed by atoms with E-state index < -0.39 is 6.29 Å². The molecule has 2 aliphatic rings. The van der Waals surface area contributed by atoms with Crippen molar-refractivity contribution in [2.24, 2.45) is 5.92 Å². The number of nitrogens with zero attached hydrogens (tertiary/aromatic N) is 1. The summed E-state index contributed by atoms with van der Waals surface area (Å²) in [6.45, 7) is 7.06. The van der Waals surface area contributed by atoms with E-state index in [-0.39, 0.29) is 30.8 Å². The van der Waals surface area contributed by atoms with Crippen LogP contribution in [-0.4, -0.2) is 56.0 Å². The third-order valence-electron chi connectivity index (χ3n) is 8.14. The molecule has 1 fully saturated rings. The molecule has 4 atom stereocenters. The molecule has 0 unspecified atom stereocenters. The Hall–Kier alpha value is -3.63. The van der Waals surface area contributed by atoms with Crippen LogP contribution in [-0.2, 0) is 29.0 Å². The van der Waals surface area contributed by atoms with Gasteiger partial charge in [-0.05, 0) is 59.9 Å². The minimum atomic E-state index is -0.575. The number of aliphatic hydroxyl groups excluding tert-OH is 1. The van der Waals surface area contributed by atoms with Crippen LogP contribution in [0.5, 0.6) is 11.5 Å². The first-order chi connectivity index (χ1) is 20.4. The number of carbonyl (C=O) groups is 1. The second-order valence-electron chi connectivity index (χ2n) is 10.9. The van der Waals surface area contributed by atoms with Crippen molar-refractivity contribution in [1.82, 2.24) is 10.2 Å². The Morgan fingerprint density at radius 2 is 1.64 bits per heavy atom. The van der Waals surface area contributed by atoms with Crippen LogP contribution < -0.4 is 20.1 Å². The highest BCUT2D eigenvalue weighted by Gasteiger charge is 2.39. The fourth-order valence-electron chi connectivity index (χ4n) is 5.74. The molecule has 0 aromatic heterocycles. The SMILES string of the molecule is CCNC(=O)Nc1ccc([C@@H]2O[C@H](CN3CCc4cc(OC)c(OC)cc4C3)[C@H](C)[C@H](c3ccc(CO)cc3)O2)cc1. The van der Waals surface area contributed by atoms with Crippen LogP contribution in [0.3, 0.4) is 0 Å². The van der Waals surface area contributed by atoms with E-state index in [9.17, 15) is 9.90 Å². The van der Waals surface area contributed by atoms with Gasteiger partial charge in [0.1, 0.15) is 0 Å². The molecule has 3 aromatic carbocycles. The normalized spacial score (nSPS) is 22.2. The molecule has 9 nitrogen and oxygen atoms in total. The van der Waals surface area contributed by atoms with Crippen LogP contribution in [0.4, 0.5) is 10.5 Å². The van der Waals surface area contributed by atoms with Crippen molar-refractivity contribution in [1.29, 1.82) is 0 Å². The average molecular weight is 576 g/mol. The number of urea groups is 1. The number of fused-ring (bicyclic) bond motifs is 1. The van der Waals surface area contributed by atoms with Gasteiger partial charge in [-0.1, -0.05) is 43.3 Å². The monoisotopic (exact) mass is 575 g/mol. The standard InChI is InChI=1S/C33H41N3O6/c1-5-34-33(38)35-27-12-10-24(11-13-27)32-41-30(21(2)31(42-32)23-8-6-22(20-37)7-9-23)19-36-15-14-25-16-28(39-3)29(40-4)17-26(25)18-36/h6-13,16-17,21,30-32,37H,5,14-15,18-20H2,1-4H3,(H2,34,35,38)/t21-,30+,31+,32+/m0/s1. The number of rotatable bonds is 9. The first kappa shape index (κ1) is 29.8. The summed E-state index contributed by atoms with van der Waals surface area (Å²) in [7, 11) is 3.33. The van der Waals surface area contributed by atoms with E-state index in [1.807, 2.05) is 55.5 Å². The van der Waals surface area contributed by atoms with E-state index in [1.54, 1.807) is 14.2 Å². The van der Waals surface area contributed by atoms with Crippen molar-refractivity contribution in [2.75, 3.05) is 39.2 Å². The molecule has 0 spiro atoms. The van der Waals surface area contributed by atoms with Crippen molar-refractivity contribution in [2.45, 2.75) is 51.9 Å². The van der Waals surface area contributed by atoms with E-state index in [0.29, 0.717) is 12.2 Å². The number of anilines is 1. The Kier molecular flexibility index (Phi) is 9.64. The maximum atomic E-state index is 12.0. The van der Waals surface area contributed by atoms with E-state index in [0.717, 1.165) is 54.2 Å². The number of ether oxygens (including phenoxy) is 4. The minimum absolute atomic E-state index is 0.000520. The molecule has 3 aromatic rings. The number of amides is 2. The molecule has 1 saturated heterocycles. The molecule has 3 N–H and O–H groups in total. The Morgan fingerprint density at radius 3 is 2.29 bits per heavy atom. The Bertz CT molecular complexity index is 1350. The molecule has 42 heavy (non-hydrogen) atoms. The second-order valence-corrected chi connectivity index (χ2v) is 10.9. The molecular formula is C33H41N3O6. The number of carbonyl (C=O) groups excluding carboxylic acids is 1. The van der Waals surface area contributed by atoms with Crippen LogP contribution in [0, 0.1) is 5.92 Å². The van der Waals surface area contributed by atoms with Gasteiger partial charge in [-0.3, -0.25) is 4.90 Å². The highest BCUT2D eigenvalue weighted by atomic mass is 16.7. The largest absolute Gasteiger partial charge is 0.493 e. The topological polar surface area (TPSA) is 102 Å². The van der Waals surface area contributed by atoms with Crippen LogP contribution in [0.25, 0.3) is 0 Å². The Balaban J connectivity index is 1.36. The zero-order chi connectivity index (χ0) is 29.6. The molecule has 0 saturated carbocycles. The van der Waals surface area contributed by atoms with Crippen molar-refractivity contribution in [3.8, 4) is 11.5 Å². The predicted molar refractivity (Wildman–Crippen MR) is 161 cm³/mol. The number of methoxy groups -OCH3 is 2. The summed E-state index contributed by atoms with van der Waals surface area (Å²) < 4.78 is 24.3. The van der Waals surface area contributed by atoms with E-state index in [4.69, 9.17) is 18.9 Å². The molecule has 5 rings (SSSR count). The van der Waals surface area contributed by atoms with Crippen molar-refractivity contribution in [3.63, 3.8) is 0 Å². The summed E-state index contributed by atoms with van der Waals surface area (Å²) in [5.41, 5.74) is 6.01. The highest BCUT2D eigenvalue weighted by molar-refractivity contribution is 5.89. The summed E-state index contributed by atoms with van der Waals surface area (Å²) in [4.78, 5) is 14.4. The molecule has 0 aliphatic carbocycles. The zero-order valence-electron chi connectivity index (χ0n) is 24.8. The fraction of sp³-hybridized carbons (Fsp3) is 0.424. The van der Waals surface area contributed by atoms with Crippen molar-refractivity contribution in [3.05, 3.63) is 88.5 Å². The zero-order valence-corrected chi connectivity index (χ0v) is 24.8. The second kappa shape index (κ2) is 13.6. The lowest BCUT2D eigenvalue weighted by molar-refractivity contribution is -0.276. The maximum absolute atomic E-state index is 12.0. The number of aliphatic hydroxyl groups is 1. The van der Waals surface area contributed by atoms with Gasteiger partial charge in [0.25, 0.3) is 0 Å². The smallest absolute Gasteiger partial charge is 0.319 e. The van der Waals surface area contributed by atoms with Crippen LogP contribution in [0.15, 0.2) is 60.7 Å². The number of hydrogen-bond acceptors (Lipinski definition) is 7. The Morgan fingerprint density at radius 1 is 0.976 bits per heavy atom. The summed E-state index contributed by atoms with van der Waals surface area (Å²) >= 11 is 0. The molecule has 9 heteroatoms. The van der Waals surface area contributed by atoms with Gasteiger partial charge in [-0.15, -0.1) is 0 Å². The van der Waals surface area contributed by atoms with Gasteiger partial charge in [0.05, 0.1) is 33.0 Å².